The van der Waals surface area contributed by atoms with Crippen molar-refractivity contribution in [1.29, 1.82) is 0 Å². The van der Waals surface area contributed by atoms with Crippen molar-refractivity contribution in [1.82, 2.24) is 4.90 Å². The van der Waals surface area contributed by atoms with Crippen LogP contribution in [-0.4, -0.2) is 41.4 Å². The maximum Gasteiger partial charge on any atom is 0.293 e. The number of hydrogen-bond acceptors (Lipinski definition) is 5. The van der Waals surface area contributed by atoms with Gasteiger partial charge in [0.2, 0.25) is 5.91 Å². The number of nitrogens with two attached hydrogens (primary N) is 1. The summed E-state index contributed by atoms with van der Waals surface area (Å²) in [6, 6.07) is 14.7. The Bertz CT molecular complexity index is 810. The first-order chi connectivity index (χ1) is 12.5. The molecule has 3 rings (SSSR count). The molecule has 26 heavy (non-hydrogen) atoms. The number of anilines is 1. The van der Waals surface area contributed by atoms with Crippen LogP contribution < -0.4 is 11.1 Å². The number of nitro groups is 1. The van der Waals surface area contributed by atoms with Crippen LogP contribution in [0.4, 0.5) is 11.4 Å². The molecule has 0 aliphatic carbocycles. The molecular weight excluding hydrogens is 332 g/mol. The highest BCUT2D eigenvalue weighted by Gasteiger charge is 2.32. The van der Waals surface area contributed by atoms with E-state index in [4.69, 9.17) is 5.73 Å². The number of nitro benzene ring substituents is 1. The molecule has 0 spiro atoms. The molecule has 0 saturated carbocycles. The standard InChI is InChI=1S/C19H22N4O3/c1-13-6-5-9-17(23(25)26)19(13)21-18(24)12-22-10-15(16(20)11-22)14-7-3-2-4-8-14/h2-9,15-16H,10-12,20H2,1H3,(H,21,24)/t15-,16+/m0/s1. The number of hydrogen-bond donors (Lipinski definition) is 2. The molecule has 1 fully saturated rings. The van der Waals surface area contributed by atoms with E-state index in [-0.39, 0.29) is 35.8 Å². The zero-order valence-corrected chi connectivity index (χ0v) is 14.6. The van der Waals surface area contributed by atoms with Gasteiger partial charge in [0.1, 0.15) is 5.69 Å². The predicted molar refractivity (Wildman–Crippen MR) is 100 cm³/mol. The quantitative estimate of drug-likeness (QED) is 0.633. The van der Waals surface area contributed by atoms with E-state index in [9.17, 15) is 14.9 Å². The number of carbonyl (C=O) groups is 1. The fourth-order valence-electron chi connectivity index (χ4n) is 3.44. The topological polar surface area (TPSA) is 102 Å². The van der Waals surface area contributed by atoms with E-state index in [1.807, 2.05) is 35.2 Å². The molecule has 1 aliphatic heterocycles. The number of likely N-dealkylation sites (tertiary alicyclic amines) is 1. The average molecular weight is 354 g/mol. The highest BCUT2D eigenvalue weighted by molar-refractivity contribution is 5.95. The Morgan fingerprint density at radius 2 is 1.96 bits per heavy atom. The summed E-state index contributed by atoms with van der Waals surface area (Å²) in [5.41, 5.74) is 8.24. The minimum absolute atomic E-state index is 0.0435. The normalized spacial score (nSPS) is 20.1. The van der Waals surface area contributed by atoms with Crippen LogP contribution in [0.15, 0.2) is 48.5 Å². The molecular formula is C19H22N4O3. The van der Waals surface area contributed by atoms with Crippen molar-refractivity contribution >= 4 is 17.3 Å². The third-order valence-electron chi connectivity index (χ3n) is 4.75. The Balaban J connectivity index is 1.66. The number of aryl methyl sites for hydroxylation is 1. The van der Waals surface area contributed by atoms with Crippen LogP contribution in [0.5, 0.6) is 0 Å². The van der Waals surface area contributed by atoms with Gasteiger partial charge >= 0.3 is 0 Å². The lowest BCUT2D eigenvalue weighted by atomic mass is 9.95. The molecule has 1 saturated heterocycles. The lowest BCUT2D eigenvalue weighted by Gasteiger charge is -2.16. The van der Waals surface area contributed by atoms with Crippen LogP contribution >= 0.6 is 0 Å². The molecule has 2 atom stereocenters. The first-order valence-corrected chi connectivity index (χ1v) is 8.52. The van der Waals surface area contributed by atoms with Gasteiger partial charge in [0.15, 0.2) is 0 Å². The van der Waals surface area contributed by atoms with Crippen molar-refractivity contribution in [2.45, 2.75) is 18.9 Å². The predicted octanol–water partition coefficient (Wildman–Crippen LogP) is 2.27. The van der Waals surface area contributed by atoms with E-state index in [0.717, 1.165) is 5.56 Å². The van der Waals surface area contributed by atoms with Crippen LogP contribution in [0, 0.1) is 17.0 Å². The maximum absolute atomic E-state index is 12.4. The average Bonchev–Trinajstić information content (AvgIpc) is 2.97. The Morgan fingerprint density at radius 1 is 1.23 bits per heavy atom. The van der Waals surface area contributed by atoms with Crippen molar-refractivity contribution < 1.29 is 9.72 Å². The van der Waals surface area contributed by atoms with E-state index < -0.39 is 4.92 Å². The number of para-hydroxylation sites is 1. The third-order valence-corrected chi connectivity index (χ3v) is 4.75. The summed E-state index contributed by atoms with van der Waals surface area (Å²) >= 11 is 0. The third kappa shape index (κ3) is 3.89. The smallest absolute Gasteiger partial charge is 0.293 e. The highest BCUT2D eigenvalue weighted by Crippen LogP contribution is 2.29. The van der Waals surface area contributed by atoms with E-state index in [1.165, 1.54) is 6.07 Å². The molecule has 0 radical (unpaired) electrons. The molecule has 7 nitrogen and oxygen atoms in total. The summed E-state index contributed by atoms with van der Waals surface area (Å²) in [6.45, 7) is 3.19. The molecule has 0 aromatic heterocycles. The Hall–Kier alpha value is -2.77. The number of carbonyl (C=O) groups excluding carboxylic acids is 1. The van der Waals surface area contributed by atoms with Crippen LogP contribution in [-0.2, 0) is 4.79 Å². The second-order valence-electron chi connectivity index (χ2n) is 6.65. The maximum atomic E-state index is 12.4. The number of rotatable bonds is 5. The molecule has 1 aliphatic rings. The fourth-order valence-corrected chi connectivity index (χ4v) is 3.44. The number of nitrogens with zero attached hydrogens (tertiary/aromatic N) is 2. The van der Waals surface area contributed by atoms with Gasteiger partial charge < -0.3 is 11.1 Å². The minimum atomic E-state index is -0.486. The van der Waals surface area contributed by atoms with Crippen LogP contribution in [0.3, 0.4) is 0 Å². The molecule has 2 aromatic rings. The highest BCUT2D eigenvalue weighted by atomic mass is 16.6. The van der Waals surface area contributed by atoms with Gasteiger partial charge in [-0.3, -0.25) is 19.8 Å². The summed E-state index contributed by atoms with van der Waals surface area (Å²) in [5, 5.41) is 13.9. The van der Waals surface area contributed by atoms with Crippen molar-refractivity contribution in [3.05, 3.63) is 69.8 Å². The van der Waals surface area contributed by atoms with Crippen molar-refractivity contribution in [2.24, 2.45) is 5.73 Å². The molecule has 2 aromatic carbocycles. The van der Waals surface area contributed by atoms with E-state index in [0.29, 0.717) is 18.7 Å². The van der Waals surface area contributed by atoms with Crippen LogP contribution in [0.25, 0.3) is 0 Å². The summed E-state index contributed by atoms with van der Waals surface area (Å²) < 4.78 is 0. The van der Waals surface area contributed by atoms with Gasteiger partial charge in [0, 0.05) is 31.1 Å². The number of benzene rings is 2. The second kappa shape index (κ2) is 7.63. The Kier molecular flexibility index (Phi) is 5.29. The number of nitrogens with one attached hydrogen (secondary N) is 1. The summed E-state index contributed by atoms with van der Waals surface area (Å²) in [5.74, 6) is -0.0971. The first-order valence-electron chi connectivity index (χ1n) is 8.52. The van der Waals surface area contributed by atoms with E-state index >= 15 is 0 Å². The SMILES string of the molecule is Cc1cccc([N+](=O)[O-])c1NC(=O)CN1C[C@@H](N)[C@H](c2ccccc2)C1. The lowest BCUT2D eigenvalue weighted by Crippen LogP contribution is -2.34. The minimum Gasteiger partial charge on any atom is -0.326 e. The Morgan fingerprint density at radius 3 is 2.65 bits per heavy atom. The summed E-state index contributed by atoms with van der Waals surface area (Å²) in [7, 11) is 0. The van der Waals surface area contributed by atoms with E-state index in [2.05, 4.69) is 5.32 Å². The number of amides is 1. The fraction of sp³-hybridized carbons (Fsp3) is 0.316. The molecule has 1 amide bonds. The van der Waals surface area contributed by atoms with Crippen LogP contribution in [0.1, 0.15) is 17.0 Å². The molecule has 136 valence electrons. The zero-order chi connectivity index (χ0) is 18.7. The van der Waals surface area contributed by atoms with Crippen molar-refractivity contribution in [2.75, 3.05) is 25.0 Å². The van der Waals surface area contributed by atoms with Crippen LogP contribution in [0.2, 0.25) is 0 Å². The van der Waals surface area contributed by atoms with Crippen molar-refractivity contribution in [3.63, 3.8) is 0 Å². The lowest BCUT2D eigenvalue weighted by molar-refractivity contribution is -0.384. The van der Waals surface area contributed by atoms with Gasteiger partial charge in [-0.1, -0.05) is 42.5 Å². The molecule has 3 N–H and O–H groups in total. The molecule has 1 heterocycles. The van der Waals surface area contributed by atoms with E-state index in [1.54, 1.807) is 19.1 Å². The van der Waals surface area contributed by atoms with Crippen molar-refractivity contribution in [3.8, 4) is 0 Å². The van der Waals surface area contributed by atoms with Gasteiger partial charge in [0.25, 0.3) is 5.69 Å². The van der Waals surface area contributed by atoms with Gasteiger partial charge in [-0.05, 0) is 18.1 Å². The molecule has 0 bridgehead atoms. The molecule has 7 heteroatoms. The Labute approximate surface area is 152 Å². The summed E-state index contributed by atoms with van der Waals surface area (Å²) in [6.07, 6.45) is 0. The van der Waals surface area contributed by atoms with Gasteiger partial charge in [-0.15, -0.1) is 0 Å². The van der Waals surface area contributed by atoms with Gasteiger partial charge in [0.05, 0.1) is 11.5 Å². The van der Waals surface area contributed by atoms with Gasteiger partial charge in [-0.25, -0.2) is 0 Å². The monoisotopic (exact) mass is 354 g/mol. The molecule has 0 unspecified atom stereocenters. The zero-order valence-electron chi connectivity index (χ0n) is 14.6. The summed E-state index contributed by atoms with van der Waals surface area (Å²) in [4.78, 5) is 25.1. The largest absolute Gasteiger partial charge is 0.326 e. The van der Waals surface area contributed by atoms with Gasteiger partial charge in [-0.2, -0.15) is 0 Å². The second-order valence-corrected chi connectivity index (χ2v) is 6.65. The first kappa shape index (κ1) is 18.0.